The number of esters is 1. The molecule has 164 valence electrons. The first-order chi connectivity index (χ1) is 14.9. The molecule has 31 heavy (non-hydrogen) atoms. The molecular weight excluding hydrogens is 402 g/mol. The van der Waals surface area contributed by atoms with Crippen LogP contribution >= 0.6 is 0 Å². The van der Waals surface area contributed by atoms with Gasteiger partial charge >= 0.3 is 11.7 Å². The second kappa shape index (κ2) is 7.93. The Morgan fingerprint density at radius 3 is 2.68 bits per heavy atom. The molecule has 0 bridgehead atoms. The van der Waals surface area contributed by atoms with Crippen molar-refractivity contribution in [3.05, 3.63) is 45.1 Å². The van der Waals surface area contributed by atoms with Crippen molar-refractivity contribution in [1.29, 1.82) is 0 Å². The predicted octanol–water partition coefficient (Wildman–Crippen LogP) is 1.26. The van der Waals surface area contributed by atoms with Gasteiger partial charge in [0.25, 0.3) is 5.56 Å². The molecule has 4 rings (SSSR count). The fraction of sp³-hybridized carbons (Fsp3) is 0.429. The maximum absolute atomic E-state index is 13.3. The number of aromatic nitrogens is 4. The van der Waals surface area contributed by atoms with Gasteiger partial charge in [-0.1, -0.05) is 19.1 Å². The number of para-hydroxylation sites is 2. The van der Waals surface area contributed by atoms with Crippen LogP contribution < -0.4 is 20.9 Å². The van der Waals surface area contributed by atoms with Crippen LogP contribution in [0.5, 0.6) is 5.75 Å². The van der Waals surface area contributed by atoms with Gasteiger partial charge in [0.1, 0.15) is 12.3 Å². The normalized spacial score (nSPS) is 15.7. The molecule has 0 saturated heterocycles. The zero-order valence-corrected chi connectivity index (χ0v) is 18.0. The van der Waals surface area contributed by atoms with Crippen LogP contribution in [0.15, 0.2) is 33.9 Å². The topological polar surface area (TPSA) is 101 Å². The Kier molecular flexibility index (Phi) is 5.30. The Balaban J connectivity index is 1.96. The van der Waals surface area contributed by atoms with Crippen LogP contribution in [-0.2, 0) is 29.7 Å². The summed E-state index contributed by atoms with van der Waals surface area (Å²) in [5.41, 5.74) is 0.216. The Hall–Kier alpha value is -3.56. The number of imidazole rings is 1. The van der Waals surface area contributed by atoms with Gasteiger partial charge in [0.2, 0.25) is 5.95 Å². The summed E-state index contributed by atoms with van der Waals surface area (Å²) in [4.78, 5) is 44.7. The number of nitrogens with zero attached hydrogens (tertiary/aromatic N) is 5. The third-order valence-corrected chi connectivity index (χ3v) is 5.41. The molecule has 0 radical (unpaired) electrons. The average Bonchev–Trinajstić information content (AvgIpc) is 3.14. The zero-order valence-electron chi connectivity index (χ0n) is 18.0. The average molecular weight is 427 g/mol. The van der Waals surface area contributed by atoms with Gasteiger partial charge in [-0.15, -0.1) is 0 Å². The van der Waals surface area contributed by atoms with E-state index in [0.717, 1.165) is 10.3 Å². The van der Waals surface area contributed by atoms with Crippen molar-refractivity contribution in [3.63, 3.8) is 0 Å². The lowest BCUT2D eigenvalue weighted by molar-refractivity contribution is -0.143. The second-order valence-electron chi connectivity index (χ2n) is 7.62. The number of carbonyl (C=O) groups excluding carboxylic acids is 1. The first-order valence-corrected chi connectivity index (χ1v) is 10.1. The standard InChI is InChI=1S/C21H25N5O5/c1-5-31-16(27)12-26-19(28)17-18(23(3)21(26)29)22-20-24(10-13(2)11-25(17)20)14-8-6-7-9-15(14)30-4/h6-9,13H,5,10-12H2,1-4H3/t13-/m1/s1. The fourth-order valence-electron chi connectivity index (χ4n) is 4.04. The van der Waals surface area contributed by atoms with E-state index in [1.807, 2.05) is 33.7 Å². The van der Waals surface area contributed by atoms with E-state index < -0.39 is 23.8 Å². The van der Waals surface area contributed by atoms with E-state index in [1.165, 1.54) is 4.57 Å². The smallest absolute Gasteiger partial charge is 0.333 e. The van der Waals surface area contributed by atoms with Gasteiger partial charge in [-0.25, -0.2) is 9.36 Å². The first kappa shape index (κ1) is 20.7. The maximum atomic E-state index is 13.3. The maximum Gasteiger partial charge on any atom is 0.333 e. The van der Waals surface area contributed by atoms with Crippen LogP contribution in [0.1, 0.15) is 13.8 Å². The van der Waals surface area contributed by atoms with Crippen LogP contribution in [0.4, 0.5) is 11.6 Å². The van der Waals surface area contributed by atoms with Gasteiger partial charge < -0.3 is 18.9 Å². The molecule has 0 N–H and O–H groups in total. The van der Waals surface area contributed by atoms with Crippen molar-refractivity contribution in [2.75, 3.05) is 25.2 Å². The van der Waals surface area contributed by atoms with Crippen LogP contribution in [0, 0.1) is 5.92 Å². The number of methoxy groups -OCH3 is 1. The molecule has 10 heteroatoms. The number of rotatable bonds is 5. The summed E-state index contributed by atoms with van der Waals surface area (Å²) in [7, 11) is 3.15. The number of fused-ring (bicyclic) bond motifs is 3. The van der Waals surface area contributed by atoms with Crippen LogP contribution in [-0.4, -0.2) is 44.9 Å². The molecule has 2 aromatic heterocycles. The summed E-state index contributed by atoms with van der Waals surface area (Å²) in [6, 6.07) is 7.59. The SMILES string of the molecule is CCOC(=O)Cn1c(=O)c2c(nc3n2C[C@H](C)CN3c2ccccc2OC)n(C)c1=O. The molecular formula is C21H25N5O5. The van der Waals surface area contributed by atoms with E-state index >= 15 is 0 Å². The lowest BCUT2D eigenvalue weighted by Gasteiger charge is -2.33. The third kappa shape index (κ3) is 3.37. The van der Waals surface area contributed by atoms with Crippen molar-refractivity contribution in [2.45, 2.75) is 26.9 Å². The molecule has 0 fully saturated rings. The Morgan fingerprint density at radius 1 is 1.23 bits per heavy atom. The first-order valence-electron chi connectivity index (χ1n) is 10.1. The molecule has 3 aromatic rings. The lowest BCUT2D eigenvalue weighted by atomic mass is 10.1. The van der Waals surface area contributed by atoms with Gasteiger partial charge in [0.05, 0.1) is 19.4 Å². The number of ether oxygens (including phenoxy) is 2. The van der Waals surface area contributed by atoms with E-state index in [0.29, 0.717) is 24.8 Å². The van der Waals surface area contributed by atoms with Crippen molar-refractivity contribution in [2.24, 2.45) is 13.0 Å². The summed E-state index contributed by atoms with van der Waals surface area (Å²) >= 11 is 0. The van der Waals surface area contributed by atoms with Gasteiger partial charge in [0.15, 0.2) is 11.2 Å². The van der Waals surface area contributed by atoms with Gasteiger partial charge in [-0.2, -0.15) is 4.98 Å². The minimum absolute atomic E-state index is 0.170. The third-order valence-electron chi connectivity index (χ3n) is 5.41. The van der Waals surface area contributed by atoms with Crippen molar-refractivity contribution < 1.29 is 14.3 Å². The summed E-state index contributed by atoms with van der Waals surface area (Å²) in [6.07, 6.45) is 0. The van der Waals surface area contributed by atoms with E-state index in [1.54, 1.807) is 21.1 Å². The zero-order chi connectivity index (χ0) is 22.3. The fourth-order valence-corrected chi connectivity index (χ4v) is 4.04. The van der Waals surface area contributed by atoms with E-state index in [9.17, 15) is 14.4 Å². The molecule has 10 nitrogen and oxygen atoms in total. The highest BCUT2D eigenvalue weighted by molar-refractivity contribution is 5.78. The van der Waals surface area contributed by atoms with E-state index in [-0.39, 0.29) is 23.7 Å². The summed E-state index contributed by atoms with van der Waals surface area (Å²) < 4.78 is 14.5. The Morgan fingerprint density at radius 2 is 1.97 bits per heavy atom. The summed E-state index contributed by atoms with van der Waals surface area (Å²) in [5.74, 6) is 0.802. The number of anilines is 2. The summed E-state index contributed by atoms with van der Waals surface area (Å²) in [6.45, 7) is 4.71. The van der Waals surface area contributed by atoms with Crippen molar-refractivity contribution >= 4 is 28.8 Å². The Bertz CT molecular complexity index is 1270. The van der Waals surface area contributed by atoms with E-state index in [4.69, 9.17) is 9.47 Å². The summed E-state index contributed by atoms with van der Waals surface area (Å²) in [5, 5.41) is 0. The molecule has 0 amide bonds. The molecule has 1 aliphatic rings. The van der Waals surface area contributed by atoms with Gasteiger partial charge in [-0.05, 0) is 25.0 Å². The molecule has 0 saturated carbocycles. The quantitative estimate of drug-likeness (QED) is 0.565. The van der Waals surface area contributed by atoms with Crippen LogP contribution in [0.2, 0.25) is 0 Å². The number of hydrogen-bond acceptors (Lipinski definition) is 7. The van der Waals surface area contributed by atoms with E-state index in [2.05, 4.69) is 11.9 Å². The largest absolute Gasteiger partial charge is 0.495 e. The van der Waals surface area contributed by atoms with Gasteiger partial charge in [-0.3, -0.25) is 14.2 Å². The molecule has 1 aromatic carbocycles. The molecule has 1 aliphatic heterocycles. The highest BCUT2D eigenvalue weighted by Crippen LogP contribution is 2.37. The molecule has 0 unspecified atom stereocenters. The molecule has 1 atom stereocenters. The number of carbonyl (C=O) groups is 1. The van der Waals surface area contributed by atoms with Crippen LogP contribution in [0.25, 0.3) is 11.2 Å². The highest BCUT2D eigenvalue weighted by atomic mass is 16.5. The minimum Gasteiger partial charge on any atom is -0.495 e. The van der Waals surface area contributed by atoms with Gasteiger partial charge in [0, 0.05) is 20.1 Å². The Labute approximate surface area is 178 Å². The second-order valence-corrected chi connectivity index (χ2v) is 7.62. The van der Waals surface area contributed by atoms with Crippen molar-refractivity contribution in [1.82, 2.24) is 18.7 Å². The lowest BCUT2D eigenvalue weighted by Crippen LogP contribution is -2.42. The number of benzene rings is 1. The molecule has 0 spiro atoms. The molecule has 3 heterocycles. The molecule has 0 aliphatic carbocycles. The van der Waals surface area contributed by atoms with Crippen molar-refractivity contribution in [3.8, 4) is 5.75 Å². The highest BCUT2D eigenvalue weighted by Gasteiger charge is 2.31. The van der Waals surface area contributed by atoms with Crippen LogP contribution in [0.3, 0.4) is 0 Å². The predicted molar refractivity (Wildman–Crippen MR) is 115 cm³/mol. The minimum atomic E-state index is -0.636. The number of aryl methyl sites for hydroxylation is 1. The monoisotopic (exact) mass is 427 g/mol. The number of hydrogen-bond donors (Lipinski definition) is 0.